The number of carbonyl (C=O) groups is 2. The molecule has 2 atom stereocenters. The van der Waals surface area contributed by atoms with Crippen LogP contribution in [0, 0.1) is 5.41 Å². The molecule has 2 unspecified atom stereocenters. The summed E-state index contributed by atoms with van der Waals surface area (Å²) in [6.45, 7) is 6.73. The van der Waals surface area contributed by atoms with Crippen LogP contribution in [-0.4, -0.2) is 59.0 Å². The third kappa shape index (κ3) is 3.76. The molecule has 0 aromatic rings. The second-order valence-corrected chi connectivity index (χ2v) is 6.86. The van der Waals surface area contributed by atoms with E-state index in [0.717, 1.165) is 38.9 Å². The van der Waals surface area contributed by atoms with Gasteiger partial charge in [-0.1, -0.05) is 12.8 Å². The van der Waals surface area contributed by atoms with Crippen molar-refractivity contribution in [1.82, 2.24) is 9.80 Å². The van der Waals surface area contributed by atoms with Crippen molar-refractivity contribution >= 4 is 11.9 Å². The lowest BCUT2D eigenvalue weighted by Crippen LogP contribution is -2.54. The molecule has 2 fully saturated rings. The second-order valence-electron chi connectivity index (χ2n) is 6.86. The van der Waals surface area contributed by atoms with Crippen LogP contribution >= 0.6 is 0 Å². The Balaban J connectivity index is 1.99. The molecular weight excluding hydrogens is 268 g/mol. The average molecular weight is 296 g/mol. The van der Waals surface area contributed by atoms with Crippen LogP contribution in [0.5, 0.6) is 0 Å². The van der Waals surface area contributed by atoms with Crippen molar-refractivity contribution in [3.05, 3.63) is 0 Å². The molecule has 5 nitrogen and oxygen atoms in total. The summed E-state index contributed by atoms with van der Waals surface area (Å²) in [6.07, 6.45) is 6.14. The number of carboxylic acid groups (broad SMARTS) is 1. The van der Waals surface area contributed by atoms with Crippen LogP contribution in [-0.2, 0) is 9.59 Å². The summed E-state index contributed by atoms with van der Waals surface area (Å²) in [6, 6.07) is -0.206. The Bertz CT molecular complexity index is 391. The fourth-order valence-corrected chi connectivity index (χ4v) is 3.50. The molecule has 2 aliphatic heterocycles. The molecule has 5 heteroatoms. The van der Waals surface area contributed by atoms with Crippen LogP contribution in [0.1, 0.15) is 52.4 Å². The van der Waals surface area contributed by atoms with Gasteiger partial charge in [-0.05, 0) is 46.1 Å². The lowest BCUT2D eigenvalue weighted by Gasteiger charge is -2.41. The van der Waals surface area contributed by atoms with Gasteiger partial charge in [0, 0.05) is 19.6 Å². The highest BCUT2D eigenvalue weighted by atomic mass is 16.4. The predicted molar refractivity (Wildman–Crippen MR) is 81.1 cm³/mol. The van der Waals surface area contributed by atoms with E-state index in [4.69, 9.17) is 0 Å². The Morgan fingerprint density at radius 2 is 1.67 bits per heavy atom. The first-order valence-electron chi connectivity index (χ1n) is 8.20. The summed E-state index contributed by atoms with van der Waals surface area (Å²) in [7, 11) is 0. The Labute approximate surface area is 127 Å². The molecule has 0 radical (unpaired) electrons. The van der Waals surface area contributed by atoms with Gasteiger partial charge in [-0.3, -0.25) is 14.5 Å². The third-order valence-corrected chi connectivity index (χ3v) is 5.07. The van der Waals surface area contributed by atoms with Crippen LogP contribution in [0.25, 0.3) is 0 Å². The van der Waals surface area contributed by atoms with Crippen LogP contribution < -0.4 is 0 Å². The first-order valence-corrected chi connectivity index (χ1v) is 8.20. The van der Waals surface area contributed by atoms with Gasteiger partial charge in [0.2, 0.25) is 5.91 Å². The van der Waals surface area contributed by atoms with Gasteiger partial charge in [-0.2, -0.15) is 0 Å². The van der Waals surface area contributed by atoms with E-state index in [1.165, 1.54) is 12.8 Å². The molecule has 21 heavy (non-hydrogen) atoms. The number of carbonyl (C=O) groups excluding carboxylic acids is 1. The fourth-order valence-electron chi connectivity index (χ4n) is 3.50. The number of hydrogen-bond acceptors (Lipinski definition) is 3. The van der Waals surface area contributed by atoms with E-state index in [-0.39, 0.29) is 11.9 Å². The number of aliphatic carboxylic acids is 1. The van der Waals surface area contributed by atoms with Crippen molar-refractivity contribution < 1.29 is 14.7 Å². The molecule has 2 saturated heterocycles. The summed E-state index contributed by atoms with van der Waals surface area (Å²) in [5.74, 6) is -0.576. The summed E-state index contributed by atoms with van der Waals surface area (Å²) in [5.41, 5.74) is -0.717. The molecule has 0 aliphatic carbocycles. The largest absolute Gasteiger partial charge is 0.481 e. The number of amides is 1. The van der Waals surface area contributed by atoms with E-state index in [0.29, 0.717) is 13.0 Å². The lowest BCUT2D eigenvalue weighted by molar-refractivity contribution is -0.153. The van der Waals surface area contributed by atoms with Gasteiger partial charge in [-0.25, -0.2) is 0 Å². The fraction of sp³-hybridized carbons (Fsp3) is 0.875. The van der Waals surface area contributed by atoms with Gasteiger partial charge >= 0.3 is 5.97 Å². The highest BCUT2D eigenvalue weighted by Crippen LogP contribution is 2.31. The van der Waals surface area contributed by atoms with Gasteiger partial charge in [0.15, 0.2) is 0 Å². The van der Waals surface area contributed by atoms with Crippen molar-refractivity contribution in [2.75, 3.05) is 26.2 Å². The SMILES string of the molecule is CC(C(=O)N1CCCCCC1)N1CCCC(C)(C(=O)O)C1. The number of nitrogens with zero attached hydrogens (tertiary/aromatic N) is 2. The Kier molecular flexibility index (Phi) is 5.25. The first-order chi connectivity index (χ1) is 9.94. The van der Waals surface area contributed by atoms with Crippen molar-refractivity contribution in [2.45, 2.75) is 58.4 Å². The summed E-state index contributed by atoms with van der Waals surface area (Å²) in [5, 5.41) is 9.40. The van der Waals surface area contributed by atoms with E-state index in [1.54, 1.807) is 6.92 Å². The number of hydrogen-bond donors (Lipinski definition) is 1. The van der Waals surface area contributed by atoms with Crippen LogP contribution in [0.15, 0.2) is 0 Å². The maximum absolute atomic E-state index is 12.7. The molecule has 2 heterocycles. The molecule has 0 aromatic heterocycles. The zero-order chi connectivity index (χ0) is 15.5. The van der Waals surface area contributed by atoms with Gasteiger partial charge in [0.25, 0.3) is 0 Å². The van der Waals surface area contributed by atoms with Gasteiger partial charge in [0.1, 0.15) is 0 Å². The van der Waals surface area contributed by atoms with Crippen LogP contribution in [0.4, 0.5) is 0 Å². The Hall–Kier alpha value is -1.10. The lowest BCUT2D eigenvalue weighted by atomic mass is 9.81. The maximum atomic E-state index is 12.7. The van der Waals surface area contributed by atoms with Crippen LogP contribution in [0.2, 0.25) is 0 Å². The second kappa shape index (κ2) is 6.77. The maximum Gasteiger partial charge on any atom is 0.310 e. The third-order valence-electron chi connectivity index (χ3n) is 5.07. The van der Waals surface area contributed by atoms with Crippen molar-refractivity contribution in [2.24, 2.45) is 5.41 Å². The predicted octanol–water partition coefficient (Wildman–Crippen LogP) is 1.96. The average Bonchev–Trinajstić information content (AvgIpc) is 2.74. The van der Waals surface area contributed by atoms with E-state index in [9.17, 15) is 14.7 Å². The molecule has 0 aromatic carbocycles. The smallest absolute Gasteiger partial charge is 0.310 e. The molecule has 2 aliphatic rings. The topological polar surface area (TPSA) is 60.9 Å². The summed E-state index contributed by atoms with van der Waals surface area (Å²) >= 11 is 0. The minimum absolute atomic E-state index is 0.173. The number of likely N-dealkylation sites (tertiary alicyclic amines) is 2. The minimum atomic E-state index is -0.748. The van der Waals surface area contributed by atoms with Crippen molar-refractivity contribution in [1.29, 1.82) is 0 Å². The quantitative estimate of drug-likeness (QED) is 0.865. The Morgan fingerprint density at radius 1 is 1.05 bits per heavy atom. The van der Waals surface area contributed by atoms with Gasteiger partial charge < -0.3 is 10.0 Å². The molecule has 120 valence electrons. The zero-order valence-electron chi connectivity index (χ0n) is 13.3. The van der Waals surface area contributed by atoms with Gasteiger partial charge in [0.05, 0.1) is 11.5 Å². The normalized spacial score (nSPS) is 29.7. The number of piperidine rings is 1. The molecule has 1 amide bonds. The molecule has 1 N–H and O–H groups in total. The van der Waals surface area contributed by atoms with Gasteiger partial charge in [-0.15, -0.1) is 0 Å². The summed E-state index contributed by atoms with van der Waals surface area (Å²) < 4.78 is 0. The number of rotatable bonds is 3. The molecular formula is C16H28N2O3. The Morgan fingerprint density at radius 3 is 2.24 bits per heavy atom. The van der Waals surface area contributed by atoms with E-state index in [1.807, 2.05) is 11.8 Å². The minimum Gasteiger partial charge on any atom is -0.481 e. The van der Waals surface area contributed by atoms with Crippen molar-refractivity contribution in [3.63, 3.8) is 0 Å². The van der Waals surface area contributed by atoms with Crippen LogP contribution in [0.3, 0.4) is 0 Å². The molecule has 0 saturated carbocycles. The standard InChI is InChI=1S/C16H28N2O3/c1-13(14(19)17-9-5-3-4-6-10-17)18-11-7-8-16(2,12-18)15(20)21/h13H,3-12H2,1-2H3,(H,20,21). The first kappa shape index (κ1) is 16.3. The highest BCUT2D eigenvalue weighted by molar-refractivity contribution is 5.82. The van der Waals surface area contributed by atoms with E-state index >= 15 is 0 Å². The van der Waals surface area contributed by atoms with Crippen molar-refractivity contribution in [3.8, 4) is 0 Å². The monoisotopic (exact) mass is 296 g/mol. The summed E-state index contributed by atoms with van der Waals surface area (Å²) in [4.78, 5) is 28.1. The van der Waals surface area contributed by atoms with E-state index < -0.39 is 11.4 Å². The molecule has 0 spiro atoms. The highest BCUT2D eigenvalue weighted by Gasteiger charge is 2.40. The molecule has 2 rings (SSSR count). The van der Waals surface area contributed by atoms with E-state index in [2.05, 4.69) is 4.90 Å². The zero-order valence-corrected chi connectivity index (χ0v) is 13.3. The number of carboxylic acids is 1. The molecule has 0 bridgehead atoms.